The quantitative estimate of drug-likeness (QED) is 0.367. The number of carbonyl (C=O) groups is 2. The number of ether oxygens (including phenoxy) is 1. The normalized spacial score (nSPS) is 10.9. The third kappa shape index (κ3) is 5.35. The van der Waals surface area contributed by atoms with Crippen LogP contribution in [0.15, 0.2) is 36.4 Å². The molecule has 0 saturated carbocycles. The summed E-state index contributed by atoms with van der Waals surface area (Å²) >= 11 is 5.59. The van der Waals surface area contributed by atoms with Crippen molar-refractivity contribution in [2.45, 2.75) is 19.5 Å². The number of carbonyl (C=O) groups excluding carboxylic acids is 2. The van der Waals surface area contributed by atoms with E-state index in [2.05, 4.69) is 9.78 Å². The first kappa shape index (κ1) is 22.0. The molecule has 29 heavy (non-hydrogen) atoms. The average Bonchev–Trinajstić information content (AvgIpc) is 2.64. The highest BCUT2D eigenvalue weighted by Crippen LogP contribution is 2.39. The number of nitro benzene ring substituents is 1. The van der Waals surface area contributed by atoms with Crippen LogP contribution in [0.3, 0.4) is 0 Å². The van der Waals surface area contributed by atoms with E-state index in [0.717, 1.165) is 24.3 Å². The molecule has 12 heteroatoms. The van der Waals surface area contributed by atoms with Crippen molar-refractivity contribution in [2.24, 2.45) is 0 Å². The van der Waals surface area contributed by atoms with Gasteiger partial charge in [-0.2, -0.15) is 13.2 Å². The SMILES string of the molecule is CCC(=O)OOC(=O)c1cccc(Oc2ccc(C(F)(F)F)c(Cl)c2)c1[N+](=O)[O-]. The second-order valence-corrected chi connectivity index (χ2v) is 5.74. The van der Waals surface area contributed by atoms with Crippen LogP contribution in [-0.4, -0.2) is 16.9 Å². The van der Waals surface area contributed by atoms with Crippen molar-refractivity contribution in [1.82, 2.24) is 0 Å². The van der Waals surface area contributed by atoms with E-state index in [-0.39, 0.29) is 12.2 Å². The van der Waals surface area contributed by atoms with Gasteiger partial charge in [0.1, 0.15) is 11.3 Å². The lowest BCUT2D eigenvalue weighted by molar-refractivity contribution is -0.386. The van der Waals surface area contributed by atoms with Crippen LogP contribution in [0.2, 0.25) is 5.02 Å². The largest absolute Gasteiger partial charge is 0.450 e. The maximum absolute atomic E-state index is 12.8. The number of nitrogens with zero attached hydrogens (tertiary/aromatic N) is 1. The number of nitro groups is 1. The van der Waals surface area contributed by atoms with Crippen LogP contribution >= 0.6 is 11.6 Å². The molecular weight excluding hydrogens is 423 g/mol. The lowest BCUT2D eigenvalue weighted by Gasteiger charge is -2.12. The lowest BCUT2D eigenvalue weighted by Crippen LogP contribution is -2.12. The monoisotopic (exact) mass is 433 g/mol. The fraction of sp³-hybridized carbons (Fsp3) is 0.176. The fourth-order valence-electron chi connectivity index (χ4n) is 2.06. The minimum absolute atomic E-state index is 0.104. The summed E-state index contributed by atoms with van der Waals surface area (Å²) in [4.78, 5) is 42.0. The molecular formula is C17H11ClF3NO7. The Morgan fingerprint density at radius 2 is 1.86 bits per heavy atom. The maximum atomic E-state index is 12.8. The molecule has 0 unspecified atom stereocenters. The summed E-state index contributed by atoms with van der Waals surface area (Å²) < 4.78 is 43.6. The van der Waals surface area contributed by atoms with Gasteiger partial charge < -0.3 is 4.74 Å². The Hall–Kier alpha value is -3.34. The van der Waals surface area contributed by atoms with Crippen LogP contribution in [0, 0.1) is 10.1 Å². The zero-order valence-corrected chi connectivity index (χ0v) is 15.2. The Balaban J connectivity index is 2.37. The molecule has 0 bridgehead atoms. The van der Waals surface area contributed by atoms with Gasteiger partial charge in [-0.05, 0) is 24.3 Å². The predicted molar refractivity (Wildman–Crippen MR) is 91.4 cm³/mol. The summed E-state index contributed by atoms with van der Waals surface area (Å²) in [6.07, 6.45) is -4.80. The number of benzene rings is 2. The summed E-state index contributed by atoms with van der Waals surface area (Å²) in [5.41, 5.74) is -2.56. The molecule has 0 fully saturated rings. The van der Waals surface area contributed by atoms with E-state index in [1.165, 1.54) is 13.0 Å². The molecule has 0 aliphatic heterocycles. The second kappa shape index (κ2) is 8.78. The molecule has 2 rings (SSSR count). The van der Waals surface area contributed by atoms with E-state index in [0.29, 0.717) is 6.07 Å². The van der Waals surface area contributed by atoms with Crippen molar-refractivity contribution in [3.63, 3.8) is 0 Å². The van der Waals surface area contributed by atoms with E-state index >= 15 is 0 Å². The van der Waals surface area contributed by atoms with Gasteiger partial charge >= 0.3 is 23.8 Å². The molecule has 0 spiro atoms. The molecule has 0 aliphatic rings. The Kier molecular flexibility index (Phi) is 6.64. The van der Waals surface area contributed by atoms with Gasteiger partial charge in [-0.15, -0.1) is 0 Å². The number of halogens is 4. The van der Waals surface area contributed by atoms with Crippen molar-refractivity contribution >= 4 is 29.2 Å². The first-order chi connectivity index (χ1) is 13.5. The standard InChI is InChI=1S/C17H11ClF3NO7/c1-2-14(23)28-29-16(24)10-4-3-5-13(15(10)22(25)26)27-9-6-7-11(12(18)8-9)17(19,20)21/h3-8H,2H2,1H3. The molecule has 0 amide bonds. The van der Waals surface area contributed by atoms with E-state index in [1.807, 2.05) is 0 Å². The lowest BCUT2D eigenvalue weighted by atomic mass is 10.1. The minimum atomic E-state index is -4.69. The number of para-hydroxylation sites is 1. The van der Waals surface area contributed by atoms with E-state index in [4.69, 9.17) is 16.3 Å². The van der Waals surface area contributed by atoms with Gasteiger partial charge in [-0.3, -0.25) is 10.1 Å². The molecule has 0 aliphatic carbocycles. The van der Waals surface area contributed by atoms with Gasteiger partial charge in [0.15, 0.2) is 0 Å². The van der Waals surface area contributed by atoms with Crippen molar-refractivity contribution in [3.8, 4) is 11.5 Å². The summed E-state index contributed by atoms with van der Waals surface area (Å²) in [6.45, 7) is 1.43. The van der Waals surface area contributed by atoms with Crippen molar-refractivity contribution in [2.75, 3.05) is 0 Å². The Morgan fingerprint density at radius 3 is 2.41 bits per heavy atom. The summed E-state index contributed by atoms with van der Waals surface area (Å²) in [5, 5.41) is 10.7. The molecule has 0 radical (unpaired) electrons. The summed E-state index contributed by atoms with van der Waals surface area (Å²) in [6, 6.07) is 5.71. The van der Waals surface area contributed by atoms with Gasteiger partial charge in [0.2, 0.25) is 5.75 Å². The molecule has 0 N–H and O–H groups in total. The van der Waals surface area contributed by atoms with Crippen molar-refractivity contribution in [1.29, 1.82) is 0 Å². The van der Waals surface area contributed by atoms with Crippen molar-refractivity contribution < 1.29 is 42.2 Å². The fourth-order valence-corrected chi connectivity index (χ4v) is 2.34. The molecule has 154 valence electrons. The molecule has 0 atom stereocenters. The smallest absolute Gasteiger partial charge is 0.417 e. The van der Waals surface area contributed by atoms with Crippen LogP contribution in [0.5, 0.6) is 11.5 Å². The highest BCUT2D eigenvalue weighted by molar-refractivity contribution is 6.31. The predicted octanol–water partition coefficient (Wildman–Crippen LogP) is 5.08. The topological polar surface area (TPSA) is 105 Å². The van der Waals surface area contributed by atoms with Crippen LogP contribution in [0.1, 0.15) is 29.3 Å². The highest BCUT2D eigenvalue weighted by atomic mass is 35.5. The van der Waals surface area contributed by atoms with Crippen molar-refractivity contribution in [3.05, 3.63) is 62.7 Å². The second-order valence-electron chi connectivity index (χ2n) is 5.33. The van der Waals surface area contributed by atoms with Crippen LogP contribution in [0.4, 0.5) is 18.9 Å². The van der Waals surface area contributed by atoms with E-state index in [1.54, 1.807) is 0 Å². The van der Waals surface area contributed by atoms with Gasteiger partial charge in [0.05, 0.1) is 15.5 Å². The summed E-state index contributed by atoms with van der Waals surface area (Å²) in [7, 11) is 0. The van der Waals surface area contributed by atoms with E-state index < -0.39 is 50.6 Å². The maximum Gasteiger partial charge on any atom is 0.417 e. The summed E-state index contributed by atoms with van der Waals surface area (Å²) in [5.74, 6) is -2.93. The Morgan fingerprint density at radius 1 is 1.17 bits per heavy atom. The molecule has 8 nitrogen and oxygen atoms in total. The zero-order valence-electron chi connectivity index (χ0n) is 14.5. The first-order valence-electron chi connectivity index (χ1n) is 7.78. The Bertz CT molecular complexity index is 963. The van der Waals surface area contributed by atoms with Gasteiger partial charge in [0, 0.05) is 12.5 Å². The van der Waals surface area contributed by atoms with Crippen LogP contribution in [-0.2, 0) is 20.7 Å². The molecule has 0 heterocycles. The number of rotatable bonds is 5. The van der Waals surface area contributed by atoms with Crippen LogP contribution < -0.4 is 4.74 Å². The third-order valence-electron chi connectivity index (χ3n) is 3.37. The molecule has 0 aromatic heterocycles. The van der Waals surface area contributed by atoms with Gasteiger partial charge in [0.25, 0.3) is 0 Å². The Labute approximate surface area is 165 Å². The number of hydrogen-bond donors (Lipinski definition) is 0. The van der Waals surface area contributed by atoms with E-state index in [9.17, 15) is 32.9 Å². The minimum Gasteiger partial charge on any atom is -0.450 e. The molecule has 2 aromatic rings. The van der Waals surface area contributed by atoms with Crippen LogP contribution in [0.25, 0.3) is 0 Å². The first-order valence-corrected chi connectivity index (χ1v) is 8.16. The average molecular weight is 434 g/mol. The zero-order chi connectivity index (χ0) is 21.8. The van der Waals surface area contributed by atoms with Gasteiger partial charge in [-0.25, -0.2) is 19.4 Å². The number of hydrogen-bond acceptors (Lipinski definition) is 7. The molecule has 2 aromatic carbocycles. The van der Waals surface area contributed by atoms with Gasteiger partial charge in [-0.1, -0.05) is 24.6 Å². The third-order valence-corrected chi connectivity index (χ3v) is 3.69. The number of alkyl halides is 3. The highest BCUT2D eigenvalue weighted by Gasteiger charge is 2.33. The molecule has 0 saturated heterocycles.